The first-order chi connectivity index (χ1) is 7.87. The predicted molar refractivity (Wildman–Crippen MR) is 74.6 cm³/mol. The van der Waals surface area contributed by atoms with Crippen molar-refractivity contribution in [3.05, 3.63) is 17.5 Å². The molecule has 0 aliphatic carbocycles. The quantitative estimate of drug-likeness (QED) is 0.497. The summed E-state index contributed by atoms with van der Waals surface area (Å²) in [6, 6.07) is 2.01. The highest BCUT2D eigenvalue weighted by molar-refractivity contribution is 7.99. The van der Waals surface area contributed by atoms with Crippen LogP contribution in [0, 0.1) is 13.8 Å². The lowest BCUT2D eigenvalue weighted by Crippen LogP contribution is -2.36. The van der Waals surface area contributed by atoms with Crippen LogP contribution < -0.4 is 5.32 Å². The number of nitrogens with zero attached hydrogens (tertiary/aromatic N) is 2. The van der Waals surface area contributed by atoms with Crippen molar-refractivity contribution in [1.29, 1.82) is 0 Å². The summed E-state index contributed by atoms with van der Waals surface area (Å²) in [5.74, 6) is 1.06. The summed E-state index contributed by atoms with van der Waals surface area (Å²) in [6.45, 7) is 11.6. The minimum Gasteiger partial charge on any atom is -0.312 e. The molecule has 0 saturated carbocycles. The van der Waals surface area contributed by atoms with E-state index in [4.69, 9.17) is 0 Å². The van der Waals surface area contributed by atoms with E-state index >= 15 is 0 Å². The summed E-state index contributed by atoms with van der Waals surface area (Å²) in [6.07, 6.45) is 1.14. The Balaban J connectivity index is 2.27. The summed E-state index contributed by atoms with van der Waals surface area (Å²) in [7, 11) is 0. The van der Waals surface area contributed by atoms with Crippen LogP contribution >= 0.6 is 11.8 Å². The summed E-state index contributed by atoms with van der Waals surface area (Å²) < 4.78 is 0. The molecule has 1 N–H and O–H groups in total. The number of aromatic nitrogens is 2. The number of thioether (sulfide) groups is 1. The largest absolute Gasteiger partial charge is 0.312 e. The van der Waals surface area contributed by atoms with Crippen molar-refractivity contribution in [1.82, 2.24) is 15.3 Å². The van der Waals surface area contributed by atoms with Crippen molar-refractivity contribution in [2.24, 2.45) is 0 Å². The van der Waals surface area contributed by atoms with Crippen LogP contribution in [0.5, 0.6) is 0 Å². The predicted octanol–water partition coefficient (Wildman–Crippen LogP) is 2.96. The standard InChI is InChI=1S/C13H23N3S/c1-10-9-11(2)16-12(15-10)17-8-6-7-14-13(3,4)5/h9,14H,6-8H2,1-5H3. The van der Waals surface area contributed by atoms with Crippen molar-refractivity contribution < 1.29 is 0 Å². The van der Waals surface area contributed by atoms with Gasteiger partial charge in [-0.25, -0.2) is 9.97 Å². The van der Waals surface area contributed by atoms with Gasteiger partial charge >= 0.3 is 0 Å². The molecule has 0 amide bonds. The molecule has 4 heteroatoms. The maximum Gasteiger partial charge on any atom is 0.187 e. The van der Waals surface area contributed by atoms with E-state index in [1.54, 1.807) is 11.8 Å². The summed E-state index contributed by atoms with van der Waals surface area (Å²) in [5.41, 5.74) is 2.31. The molecule has 0 saturated heterocycles. The topological polar surface area (TPSA) is 37.8 Å². The molecule has 0 atom stereocenters. The molecule has 1 heterocycles. The van der Waals surface area contributed by atoms with Crippen LogP contribution in [0.25, 0.3) is 0 Å². The normalized spacial score (nSPS) is 11.8. The molecule has 0 aliphatic rings. The van der Waals surface area contributed by atoms with Crippen LogP contribution in [-0.4, -0.2) is 27.8 Å². The smallest absolute Gasteiger partial charge is 0.187 e. The van der Waals surface area contributed by atoms with Gasteiger partial charge in [-0.15, -0.1) is 0 Å². The van der Waals surface area contributed by atoms with Gasteiger partial charge in [-0.2, -0.15) is 0 Å². The Morgan fingerprint density at radius 2 is 1.76 bits per heavy atom. The third-order valence-corrected chi connectivity index (χ3v) is 3.10. The lowest BCUT2D eigenvalue weighted by Gasteiger charge is -2.20. The van der Waals surface area contributed by atoms with E-state index in [0.717, 1.165) is 35.3 Å². The molecule has 3 nitrogen and oxygen atoms in total. The van der Waals surface area contributed by atoms with Crippen molar-refractivity contribution in [2.75, 3.05) is 12.3 Å². The SMILES string of the molecule is Cc1cc(C)nc(SCCCNC(C)(C)C)n1. The van der Waals surface area contributed by atoms with Gasteiger partial charge in [0.25, 0.3) is 0 Å². The van der Waals surface area contributed by atoms with Gasteiger partial charge in [0.05, 0.1) is 0 Å². The Bertz CT molecular complexity index is 338. The van der Waals surface area contributed by atoms with Crippen LogP contribution in [0.1, 0.15) is 38.6 Å². The second-order valence-electron chi connectivity index (χ2n) is 5.31. The first-order valence-corrected chi connectivity index (χ1v) is 7.05. The fraction of sp³-hybridized carbons (Fsp3) is 0.692. The van der Waals surface area contributed by atoms with E-state index in [0.29, 0.717) is 0 Å². The van der Waals surface area contributed by atoms with Crippen molar-refractivity contribution in [3.8, 4) is 0 Å². The second kappa shape index (κ2) is 6.36. The number of hydrogen-bond donors (Lipinski definition) is 1. The van der Waals surface area contributed by atoms with Crippen molar-refractivity contribution in [3.63, 3.8) is 0 Å². The summed E-state index contributed by atoms with van der Waals surface area (Å²) in [5, 5.41) is 4.38. The molecule has 0 aromatic carbocycles. The molecular formula is C13H23N3S. The van der Waals surface area contributed by atoms with Gasteiger partial charge in [-0.05, 0) is 53.7 Å². The monoisotopic (exact) mass is 253 g/mol. The molecule has 96 valence electrons. The van der Waals surface area contributed by atoms with Crippen molar-refractivity contribution >= 4 is 11.8 Å². The molecular weight excluding hydrogens is 230 g/mol. The van der Waals surface area contributed by atoms with E-state index in [-0.39, 0.29) is 5.54 Å². The number of hydrogen-bond acceptors (Lipinski definition) is 4. The maximum atomic E-state index is 4.41. The van der Waals surface area contributed by atoms with E-state index < -0.39 is 0 Å². The minimum absolute atomic E-state index is 0.209. The molecule has 0 aliphatic heterocycles. The van der Waals surface area contributed by atoms with E-state index in [2.05, 4.69) is 36.1 Å². The fourth-order valence-corrected chi connectivity index (χ4v) is 2.35. The average molecular weight is 253 g/mol. The molecule has 0 bridgehead atoms. The molecule has 0 radical (unpaired) electrons. The zero-order chi connectivity index (χ0) is 12.9. The highest BCUT2D eigenvalue weighted by Gasteiger charge is 2.07. The minimum atomic E-state index is 0.209. The van der Waals surface area contributed by atoms with Gasteiger partial charge in [0.2, 0.25) is 0 Å². The van der Waals surface area contributed by atoms with Crippen LogP contribution in [0.15, 0.2) is 11.2 Å². The third-order valence-electron chi connectivity index (χ3n) is 2.17. The number of nitrogens with one attached hydrogen (secondary N) is 1. The number of rotatable bonds is 5. The molecule has 1 rings (SSSR count). The number of aryl methyl sites for hydroxylation is 2. The first kappa shape index (κ1) is 14.5. The van der Waals surface area contributed by atoms with Gasteiger partial charge < -0.3 is 5.32 Å². The maximum absolute atomic E-state index is 4.41. The van der Waals surface area contributed by atoms with Gasteiger partial charge in [-0.3, -0.25) is 0 Å². The average Bonchev–Trinajstić information content (AvgIpc) is 2.13. The van der Waals surface area contributed by atoms with Crippen molar-refractivity contribution in [2.45, 2.75) is 51.7 Å². The lowest BCUT2D eigenvalue weighted by molar-refractivity contribution is 0.427. The van der Waals surface area contributed by atoms with Gasteiger partial charge in [0.15, 0.2) is 5.16 Å². The lowest BCUT2D eigenvalue weighted by atomic mass is 10.1. The van der Waals surface area contributed by atoms with E-state index in [1.165, 1.54) is 0 Å². The van der Waals surface area contributed by atoms with Crippen LogP contribution in [0.3, 0.4) is 0 Å². The van der Waals surface area contributed by atoms with Gasteiger partial charge in [0.1, 0.15) is 0 Å². The molecule has 0 fully saturated rings. The molecule has 17 heavy (non-hydrogen) atoms. The van der Waals surface area contributed by atoms with E-state index in [1.807, 2.05) is 19.9 Å². The zero-order valence-electron chi connectivity index (χ0n) is 11.5. The first-order valence-electron chi connectivity index (χ1n) is 6.07. The molecule has 1 aromatic rings. The Hall–Kier alpha value is -0.610. The summed E-state index contributed by atoms with van der Waals surface area (Å²) in [4.78, 5) is 8.82. The van der Waals surface area contributed by atoms with Crippen LogP contribution in [0.4, 0.5) is 0 Å². The molecule has 0 spiro atoms. The Kier molecular flexibility index (Phi) is 5.40. The highest BCUT2D eigenvalue weighted by atomic mass is 32.2. The van der Waals surface area contributed by atoms with Crippen LogP contribution in [0.2, 0.25) is 0 Å². The van der Waals surface area contributed by atoms with Crippen LogP contribution in [-0.2, 0) is 0 Å². The Morgan fingerprint density at radius 1 is 1.18 bits per heavy atom. The zero-order valence-corrected chi connectivity index (χ0v) is 12.3. The second-order valence-corrected chi connectivity index (χ2v) is 6.37. The third kappa shape index (κ3) is 6.64. The van der Waals surface area contributed by atoms with E-state index in [9.17, 15) is 0 Å². The highest BCUT2D eigenvalue weighted by Crippen LogP contribution is 2.14. The fourth-order valence-electron chi connectivity index (χ4n) is 1.46. The van der Waals surface area contributed by atoms with Gasteiger partial charge in [-0.1, -0.05) is 11.8 Å². The molecule has 1 aromatic heterocycles. The Labute approximate surface area is 109 Å². The van der Waals surface area contributed by atoms with Gasteiger partial charge in [0, 0.05) is 22.7 Å². The Morgan fingerprint density at radius 3 is 2.29 bits per heavy atom. The summed E-state index contributed by atoms with van der Waals surface area (Å²) >= 11 is 1.74. The molecule has 0 unspecified atom stereocenters.